The third-order valence-corrected chi connectivity index (χ3v) is 7.37. The number of aromatic nitrogens is 2. The topological polar surface area (TPSA) is 101 Å². The second-order valence-electron chi connectivity index (χ2n) is 6.55. The minimum Gasteiger partial charge on any atom is -0.350 e. The molecule has 2 aromatic heterocycles. The van der Waals surface area contributed by atoms with Crippen LogP contribution in [0.25, 0.3) is 11.0 Å². The van der Waals surface area contributed by atoms with Crippen molar-refractivity contribution < 1.29 is 13.2 Å². The molecule has 0 saturated heterocycles. The summed E-state index contributed by atoms with van der Waals surface area (Å²) in [5, 5.41) is 4.76. The molecule has 0 fully saturated rings. The first-order valence-electron chi connectivity index (χ1n) is 9.10. The number of carbonyl (C=O) groups is 1. The lowest BCUT2D eigenvalue weighted by Crippen LogP contribution is -2.47. The van der Waals surface area contributed by atoms with Crippen molar-refractivity contribution in [2.45, 2.75) is 23.9 Å². The van der Waals surface area contributed by atoms with Crippen molar-refractivity contribution >= 4 is 50.0 Å². The predicted octanol–water partition coefficient (Wildman–Crippen LogP) is 2.96. The van der Waals surface area contributed by atoms with Crippen LogP contribution in [0.1, 0.15) is 10.4 Å². The van der Waals surface area contributed by atoms with Gasteiger partial charge in [0.2, 0.25) is 15.9 Å². The van der Waals surface area contributed by atoms with Crippen LogP contribution >= 0.6 is 23.1 Å². The Balaban J connectivity index is 1.59. The molecule has 0 saturated carbocycles. The normalized spacial score (nSPS) is 12.7. The first kappa shape index (κ1) is 20.6. The van der Waals surface area contributed by atoms with Crippen molar-refractivity contribution in [2.75, 3.05) is 0 Å². The van der Waals surface area contributed by atoms with Crippen LogP contribution in [0, 0.1) is 0 Å². The number of nitrogens with one attached hydrogen (secondary N) is 2. The number of sulfonamides is 1. The van der Waals surface area contributed by atoms with Crippen LogP contribution < -0.4 is 10.0 Å². The van der Waals surface area contributed by atoms with E-state index in [-0.39, 0.29) is 17.2 Å². The summed E-state index contributed by atoms with van der Waals surface area (Å²) in [6.07, 6.45) is 0.224. The summed E-state index contributed by atoms with van der Waals surface area (Å²) in [5.74, 6) is -0.389. The SMILES string of the molecule is O=C(NCc1cccs1)C(Cc1ccccc1)NS(=O)(=O)c1cccc2nsnc12. The molecule has 2 aromatic carbocycles. The van der Waals surface area contributed by atoms with E-state index < -0.39 is 16.1 Å². The molecule has 4 rings (SSSR count). The van der Waals surface area contributed by atoms with Crippen molar-refractivity contribution in [1.29, 1.82) is 0 Å². The largest absolute Gasteiger partial charge is 0.350 e. The maximum atomic E-state index is 13.1. The Morgan fingerprint density at radius 1 is 1.00 bits per heavy atom. The highest BCUT2D eigenvalue weighted by atomic mass is 32.2. The van der Waals surface area contributed by atoms with Gasteiger partial charge in [0.15, 0.2) is 0 Å². The fourth-order valence-corrected chi connectivity index (χ4v) is 5.60. The molecule has 0 aliphatic carbocycles. The first-order valence-corrected chi connectivity index (χ1v) is 12.2. The third-order valence-electron chi connectivity index (χ3n) is 4.45. The summed E-state index contributed by atoms with van der Waals surface area (Å²) in [5.41, 5.74) is 1.65. The van der Waals surface area contributed by atoms with Gasteiger partial charge < -0.3 is 5.32 Å². The number of benzene rings is 2. The van der Waals surface area contributed by atoms with Crippen molar-refractivity contribution in [3.05, 3.63) is 76.5 Å². The lowest BCUT2D eigenvalue weighted by molar-refractivity contribution is -0.122. The number of hydrogen-bond acceptors (Lipinski definition) is 7. The summed E-state index contributed by atoms with van der Waals surface area (Å²) < 4.78 is 37.0. The van der Waals surface area contributed by atoms with Crippen molar-refractivity contribution in [3.8, 4) is 0 Å². The van der Waals surface area contributed by atoms with Crippen LogP contribution in [-0.4, -0.2) is 29.1 Å². The Morgan fingerprint density at radius 2 is 1.83 bits per heavy atom. The van der Waals surface area contributed by atoms with E-state index in [1.807, 2.05) is 47.8 Å². The second-order valence-corrected chi connectivity index (χ2v) is 9.79. The third kappa shape index (κ3) is 4.73. The standard InChI is InChI=1S/C20H18N4O3S3/c25-20(21-13-15-8-5-11-28-15)17(12-14-6-2-1-3-7-14)24-30(26,27)18-10-4-9-16-19(18)23-29-22-16/h1-11,17,24H,12-13H2,(H,21,25). The molecule has 4 aromatic rings. The van der Waals surface area contributed by atoms with E-state index in [0.717, 1.165) is 22.2 Å². The van der Waals surface area contributed by atoms with E-state index in [1.165, 1.54) is 17.4 Å². The van der Waals surface area contributed by atoms with Crippen molar-refractivity contribution in [2.24, 2.45) is 0 Å². The molecular weight excluding hydrogens is 440 g/mol. The first-order chi connectivity index (χ1) is 14.5. The van der Waals surface area contributed by atoms with Crippen LogP contribution in [-0.2, 0) is 27.8 Å². The average Bonchev–Trinajstić information content (AvgIpc) is 3.43. The Hall–Kier alpha value is -2.66. The van der Waals surface area contributed by atoms with Crippen LogP contribution in [0.5, 0.6) is 0 Å². The number of hydrogen-bond donors (Lipinski definition) is 2. The smallest absolute Gasteiger partial charge is 0.243 e. The van der Waals surface area contributed by atoms with E-state index in [0.29, 0.717) is 17.6 Å². The summed E-state index contributed by atoms with van der Waals surface area (Å²) in [6, 6.07) is 16.9. The van der Waals surface area contributed by atoms with Crippen LogP contribution in [0.4, 0.5) is 0 Å². The van der Waals surface area contributed by atoms with Crippen molar-refractivity contribution in [1.82, 2.24) is 18.8 Å². The van der Waals surface area contributed by atoms with Gasteiger partial charge in [-0.15, -0.1) is 11.3 Å². The summed E-state index contributed by atoms with van der Waals surface area (Å²) in [6.45, 7) is 0.342. The van der Waals surface area contributed by atoms with Crippen LogP contribution in [0.3, 0.4) is 0 Å². The molecule has 0 radical (unpaired) electrons. The van der Waals surface area contributed by atoms with E-state index in [9.17, 15) is 13.2 Å². The Bertz CT molecular complexity index is 1240. The molecule has 0 spiro atoms. The van der Waals surface area contributed by atoms with Gasteiger partial charge in [-0.1, -0.05) is 42.5 Å². The fraction of sp³-hybridized carbons (Fsp3) is 0.150. The lowest BCUT2D eigenvalue weighted by atomic mass is 10.1. The number of thiophene rings is 1. The maximum absolute atomic E-state index is 13.1. The molecule has 0 aliphatic rings. The van der Waals surface area contributed by atoms with E-state index in [4.69, 9.17) is 0 Å². The molecule has 7 nitrogen and oxygen atoms in total. The number of fused-ring (bicyclic) bond motifs is 1. The molecule has 1 unspecified atom stereocenters. The van der Waals surface area contributed by atoms with Crippen LogP contribution in [0.15, 0.2) is 70.9 Å². The van der Waals surface area contributed by atoms with Gasteiger partial charge in [-0.2, -0.15) is 13.5 Å². The van der Waals surface area contributed by atoms with Gasteiger partial charge in [0.1, 0.15) is 22.0 Å². The Kier molecular flexibility index (Phi) is 6.18. The zero-order valence-corrected chi connectivity index (χ0v) is 18.1. The highest BCUT2D eigenvalue weighted by Crippen LogP contribution is 2.21. The zero-order valence-electron chi connectivity index (χ0n) is 15.7. The minimum absolute atomic E-state index is 0.0119. The number of carbonyl (C=O) groups excluding carboxylic acids is 1. The van der Waals surface area contributed by atoms with Gasteiger partial charge in [0.25, 0.3) is 0 Å². The lowest BCUT2D eigenvalue weighted by Gasteiger charge is -2.19. The monoisotopic (exact) mass is 458 g/mol. The van der Waals surface area contributed by atoms with Crippen molar-refractivity contribution in [3.63, 3.8) is 0 Å². The summed E-state index contributed by atoms with van der Waals surface area (Å²) >= 11 is 2.47. The number of rotatable bonds is 8. The zero-order chi connectivity index (χ0) is 21.0. The van der Waals surface area contributed by atoms with Crippen LogP contribution in [0.2, 0.25) is 0 Å². The van der Waals surface area contributed by atoms with E-state index in [1.54, 1.807) is 12.1 Å². The van der Waals surface area contributed by atoms with Gasteiger partial charge in [0, 0.05) is 4.88 Å². The van der Waals surface area contributed by atoms with Gasteiger partial charge in [0.05, 0.1) is 18.3 Å². The molecule has 0 aliphatic heterocycles. The van der Waals surface area contributed by atoms with Gasteiger partial charge in [-0.05, 0) is 35.6 Å². The molecular formula is C20H18N4O3S3. The quantitative estimate of drug-likeness (QED) is 0.423. The molecule has 10 heteroatoms. The number of nitrogens with zero attached hydrogens (tertiary/aromatic N) is 2. The minimum atomic E-state index is -4.00. The van der Waals surface area contributed by atoms with E-state index in [2.05, 4.69) is 18.8 Å². The molecule has 2 N–H and O–H groups in total. The second kappa shape index (κ2) is 9.00. The molecule has 0 bridgehead atoms. The van der Waals surface area contributed by atoms with Gasteiger partial charge in [-0.25, -0.2) is 8.42 Å². The summed E-state index contributed by atoms with van der Waals surface area (Å²) in [4.78, 5) is 13.9. The number of amides is 1. The maximum Gasteiger partial charge on any atom is 0.243 e. The Labute approximate surface area is 182 Å². The van der Waals surface area contributed by atoms with Gasteiger partial charge in [-0.3, -0.25) is 4.79 Å². The predicted molar refractivity (Wildman–Crippen MR) is 118 cm³/mol. The average molecular weight is 459 g/mol. The highest BCUT2D eigenvalue weighted by molar-refractivity contribution is 7.89. The van der Waals surface area contributed by atoms with E-state index >= 15 is 0 Å². The Morgan fingerprint density at radius 3 is 2.60 bits per heavy atom. The van der Waals surface area contributed by atoms with Gasteiger partial charge >= 0.3 is 0 Å². The molecule has 1 amide bonds. The molecule has 2 heterocycles. The molecule has 154 valence electrons. The fourth-order valence-electron chi connectivity index (χ4n) is 3.00. The molecule has 1 atom stereocenters. The highest BCUT2D eigenvalue weighted by Gasteiger charge is 2.28. The molecule has 30 heavy (non-hydrogen) atoms. The summed E-state index contributed by atoms with van der Waals surface area (Å²) in [7, 11) is -4.00.